The Balaban J connectivity index is 1.59. The van der Waals surface area contributed by atoms with Crippen LogP contribution in [0.5, 0.6) is 5.75 Å². The molecule has 0 saturated heterocycles. The van der Waals surface area contributed by atoms with E-state index in [0.29, 0.717) is 13.2 Å². The first-order valence-corrected chi connectivity index (χ1v) is 9.59. The molecule has 0 spiro atoms. The molecule has 2 aromatic rings. The third kappa shape index (κ3) is 4.80. The molecule has 2 aromatic carbocycles. The van der Waals surface area contributed by atoms with Gasteiger partial charge in [0.1, 0.15) is 5.75 Å². The van der Waals surface area contributed by atoms with Gasteiger partial charge in [-0.25, -0.2) is 4.79 Å². The van der Waals surface area contributed by atoms with Gasteiger partial charge in [0.15, 0.2) is 6.10 Å². The van der Waals surface area contributed by atoms with Gasteiger partial charge in [-0.2, -0.15) is 0 Å². The molecule has 3 rings (SSSR count). The number of esters is 1. The van der Waals surface area contributed by atoms with Gasteiger partial charge in [0.25, 0.3) is 5.91 Å². The van der Waals surface area contributed by atoms with Gasteiger partial charge >= 0.3 is 5.97 Å². The highest BCUT2D eigenvalue weighted by atomic mass is 16.5. The molecule has 0 radical (unpaired) electrons. The highest BCUT2D eigenvalue weighted by Crippen LogP contribution is 2.27. The Bertz CT molecular complexity index is 857. The Morgan fingerprint density at radius 2 is 1.89 bits per heavy atom. The van der Waals surface area contributed by atoms with Crippen molar-refractivity contribution in [3.05, 3.63) is 65.7 Å². The van der Waals surface area contributed by atoms with E-state index in [1.54, 1.807) is 17.9 Å². The van der Waals surface area contributed by atoms with E-state index >= 15 is 0 Å². The zero-order chi connectivity index (χ0) is 19.9. The zero-order valence-corrected chi connectivity index (χ0v) is 16.3. The number of hydrogen-bond donors (Lipinski definition) is 0. The molecule has 0 fully saturated rings. The number of carbonyl (C=O) groups is 2. The smallest absolute Gasteiger partial charge is 0.331 e. The molecule has 0 N–H and O–H groups in total. The molecular formula is C23H25NO4. The van der Waals surface area contributed by atoms with Gasteiger partial charge < -0.3 is 14.4 Å². The van der Waals surface area contributed by atoms with Gasteiger partial charge in [0.05, 0.1) is 6.61 Å². The Morgan fingerprint density at radius 3 is 2.64 bits per heavy atom. The first-order chi connectivity index (χ1) is 13.6. The van der Waals surface area contributed by atoms with Crippen molar-refractivity contribution in [2.45, 2.75) is 32.8 Å². The quantitative estimate of drug-likeness (QED) is 0.562. The van der Waals surface area contributed by atoms with Gasteiger partial charge in [0.2, 0.25) is 0 Å². The SMILES string of the molecule is CCOc1ccc(/C=C/C(=O)OC(C)C(=O)N2CCCc3ccccc32)cc1. The van der Waals surface area contributed by atoms with Crippen LogP contribution in [0.4, 0.5) is 5.69 Å². The summed E-state index contributed by atoms with van der Waals surface area (Å²) in [6.45, 7) is 4.78. The minimum Gasteiger partial charge on any atom is -0.494 e. The number of amides is 1. The van der Waals surface area contributed by atoms with E-state index in [9.17, 15) is 9.59 Å². The predicted octanol–water partition coefficient (Wildman–Crippen LogP) is 4.01. The molecule has 1 heterocycles. The summed E-state index contributed by atoms with van der Waals surface area (Å²) in [5.74, 6) is 0.0401. The maximum atomic E-state index is 12.8. The fourth-order valence-corrected chi connectivity index (χ4v) is 3.25. The molecule has 1 atom stereocenters. The Kier molecular flexibility index (Phi) is 6.48. The van der Waals surface area contributed by atoms with Crippen molar-refractivity contribution < 1.29 is 19.1 Å². The summed E-state index contributed by atoms with van der Waals surface area (Å²) in [5, 5.41) is 0. The number of hydrogen-bond acceptors (Lipinski definition) is 4. The molecule has 146 valence electrons. The molecule has 5 heteroatoms. The number of nitrogens with zero attached hydrogens (tertiary/aromatic N) is 1. The van der Waals surface area contributed by atoms with Gasteiger partial charge in [-0.3, -0.25) is 4.79 Å². The minimum atomic E-state index is -0.844. The van der Waals surface area contributed by atoms with E-state index < -0.39 is 12.1 Å². The number of benzene rings is 2. The lowest BCUT2D eigenvalue weighted by Gasteiger charge is -2.31. The van der Waals surface area contributed by atoms with Crippen LogP contribution < -0.4 is 9.64 Å². The van der Waals surface area contributed by atoms with E-state index in [1.165, 1.54) is 6.08 Å². The number of fused-ring (bicyclic) bond motifs is 1. The third-order valence-corrected chi connectivity index (χ3v) is 4.62. The van der Waals surface area contributed by atoms with E-state index in [4.69, 9.17) is 9.47 Å². The summed E-state index contributed by atoms with van der Waals surface area (Å²) in [7, 11) is 0. The Labute approximate surface area is 165 Å². The molecule has 1 unspecified atom stereocenters. The van der Waals surface area contributed by atoms with Crippen LogP contribution in [-0.2, 0) is 20.7 Å². The molecule has 1 aliphatic heterocycles. The third-order valence-electron chi connectivity index (χ3n) is 4.62. The van der Waals surface area contributed by atoms with Crippen LogP contribution in [0.1, 0.15) is 31.4 Å². The summed E-state index contributed by atoms with van der Waals surface area (Å²) in [6, 6.07) is 15.3. The molecule has 0 aromatic heterocycles. The van der Waals surface area contributed by atoms with Crippen LogP contribution in [-0.4, -0.2) is 31.1 Å². The second kappa shape index (κ2) is 9.22. The largest absolute Gasteiger partial charge is 0.494 e. The van der Waals surface area contributed by atoms with Crippen LogP contribution in [0.15, 0.2) is 54.6 Å². The summed E-state index contributed by atoms with van der Waals surface area (Å²) in [5.41, 5.74) is 2.91. The lowest BCUT2D eigenvalue weighted by atomic mass is 10.0. The van der Waals surface area contributed by atoms with Crippen molar-refractivity contribution in [1.29, 1.82) is 0 Å². The topological polar surface area (TPSA) is 55.8 Å². The zero-order valence-electron chi connectivity index (χ0n) is 16.3. The standard InChI is InChI=1S/C23H25NO4/c1-3-27-20-13-10-18(11-14-20)12-15-22(25)28-17(2)23(26)24-16-6-8-19-7-4-5-9-21(19)24/h4-5,7,9-15,17H,3,6,8,16H2,1-2H3/b15-12+. The highest BCUT2D eigenvalue weighted by molar-refractivity contribution is 5.99. The normalized spacial score (nSPS) is 14.4. The molecule has 1 amide bonds. The summed E-state index contributed by atoms with van der Waals surface area (Å²) >= 11 is 0. The van der Waals surface area contributed by atoms with Crippen LogP contribution in [0.2, 0.25) is 0 Å². The number of ether oxygens (including phenoxy) is 2. The number of rotatable bonds is 6. The van der Waals surface area contributed by atoms with Crippen LogP contribution in [0, 0.1) is 0 Å². The fraction of sp³-hybridized carbons (Fsp3) is 0.304. The predicted molar refractivity (Wildman–Crippen MR) is 109 cm³/mol. The van der Waals surface area contributed by atoms with Gasteiger partial charge in [-0.15, -0.1) is 0 Å². The Morgan fingerprint density at radius 1 is 1.14 bits per heavy atom. The second-order valence-corrected chi connectivity index (χ2v) is 6.64. The average molecular weight is 379 g/mol. The van der Waals surface area contributed by atoms with Crippen molar-refractivity contribution in [2.24, 2.45) is 0 Å². The summed E-state index contributed by atoms with van der Waals surface area (Å²) in [6.07, 6.45) is 4.01. The van der Waals surface area contributed by atoms with E-state index in [1.807, 2.05) is 55.5 Å². The minimum absolute atomic E-state index is 0.199. The fourth-order valence-electron chi connectivity index (χ4n) is 3.25. The molecule has 28 heavy (non-hydrogen) atoms. The number of anilines is 1. The van der Waals surface area contributed by atoms with Crippen molar-refractivity contribution >= 4 is 23.6 Å². The average Bonchev–Trinajstić information content (AvgIpc) is 2.72. The molecule has 1 aliphatic rings. The molecule has 0 bridgehead atoms. The highest BCUT2D eigenvalue weighted by Gasteiger charge is 2.27. The molecule has 5 nitrogen and oxygen atoms in total. The number of carbonyl (C=O) groups excluding carboxylic acids is 2. The molecule has 0 saturated carbocycles. The van der Waals surface area contributed by atoms with Crippen LogP contribution >= 0.6 is 0 Å². The van der Waals surface area contributed by atoms with Gasteiger partial charge in [-0.1, -0.05) is 30.3 Å². The first kappa shape index (κ1) is 19.7. The van der Waals surface area contributed by atoms with E-state index in [-0.39, 0.29) is 5.91 Å². The first-order valence-electron chi connectivity index (χ1n) is 9.59. The molecular weight excluding hydrogens is 354 g/mol. The maximum Gasteiger partial charge on any atom is 0.331 e. The lowest BCUT2D eigenvalue weighted by Crippen LogP contribution is -2.42. The van der Waals surface area contributed by atoms with Crippen molar-refractivity contribution in [2.75, 3.05) is 18.1 Å². The maximum absolute atomic E-state index is 12.8. The Hall–Kier alpha value is -3.08. The summed E-state index contributed by atoms with van der Waals surface area (Å²) in [4.78, 5) is 26.6. The lowest BCUT2D eigenvalue weighted by molar-refractivity contribution is -0.149. The monoisotopic (exact) mass is 379 g/mol. The van der Waals surface area contributed by atoms with Crippen molar-refractivity contribution in [3.8, 4) is 5.75 Å². The van der Waals surface area contributed by atoms with Gasteiger partial charge in [-0.05, 0) is 62.1 Å². The van der Waals surface area contributed by atoms with E-state index in [2.05, 4.69) is 0 Å². The van der Waals surface area contributed by atoms with Crippen LogP contribution in [0.3, 0.4) is 0 Å². The van der Waals surface area contributed by atoms with Crippen molar-refractivity contribution in [1.82, 2.24) is 0 Å². The number of para-hydroxylation sites is 1. The van der Waals surface area contributed by atoms with E-state index in [0.717, 1.165) is 35.4 Å². The second-order valence-electron chi connectivity index (χ2n) is 6.64. The van der Waals surface area contributed by atoms with Crippen LogP contribution in [0.25, 0.3) is 6.08 Å². The molecule has 0 aliphatic carbocycles. The van der Waals surface area contributed by atoms with Gasteiger partial charge in [0, 0.05) is 18.3 Å². The summed E-state index contributed by atoms with van der Waals surface area (Å²) < 4.78 is 10.7. The number of aryl methyl sites for hydroxylation is 1. The van der Waals surface area contributed by atoms with Crippen molar-refractivity contribution in [3.63, 3.8) is 0 Å².